The molecule has 1 aromatic rings. The second kappa shape index (κ2) is 7.41. The smallest absolute Gasteiger partial charge is 0.469 e. The standard InChI is InChI=1S/C15H15F3N2O5/c1-24-12(21)8-11-13(22)19-6-7-20(11)14(23)9-2-4-10(5-3-9)25-15(16,17)18/h2-5,11H,6-8H2,1H3,(H,19,22)/t11-/m0/s1. The molecule has 2 rings (SSSR count). The zero-order valence-electron chi connectivity index (χ0n) is 13.1. The quantitative estimate of drug-likeness (QED) is 0.813. The first-order valence-corrected chi connectivity index (χ1v) is 7.22. The van der Waals surface area contributed by atoms with Crippen LogP contribution in [0, 0.1) is 0 Å². The van der Waals surface area contributed by atoms with Crippen LogP contribution in [-0.4, -0.2) is 55.3 Å². The van der Waals surface area contributed by atoms with Crippen LogP contribution in [0.3, 0.4) is 0 Å². The van der Waals surface area contributed by atoms with Gasteiger partial charge in [0.05, 0.1) is 13.5 Å². The summed E-state index contributed by atoms with van der Waals surface area (Å²) in [5.41, 5.74) is 0.0686. The normalized spacial score (nSPS) is 17.7. The molecule has 1 heterocycles. The van der Waals surface area contributed by atoms with E-state index in [1.807, 2.05) is 0 Å². The number of carbonyl (C=O) groups is 3. The Morgan fingerprint density at radius 1 is 1.28 bits per heavy atom. The van der Waals surface area contributed by atoms with Crippen molar-refractivity contribution in [3.8, 4) is 5.75 Å². The number of esters is 1. The van der Waals surface area contributed by atoms with Gasteiger partial charge in [0, 0.05) is 18.7 Å². The van der Waals surface area contributed by atoms with Gasteiger partial charge in [-0.3, -0.25) is 14.4 Å². The Kier molecular flexibility index (Phi) is 5.50. The van der Waals surface area contributed by atoms with E-state index in [2.05, 4.69) is 14.8 Å². The predicted octanol–water partition coefficient (Wildman–Crippen LogP) is 1.09. The fourth-order valence-corrected chi connectivity index (χ4v) is 2.37. The highest BCUT2D eigenvalue weighted by Crippen LogP contribution is 2.23. The molecule has 0 aliphatic carbocycles. The molecule has 25 heavy (non-hydrogen) atoms. The number of alkyl halides is 3. The first-order valence-electron chi connectivity index (χ1n) is 7.22. The van der Waals surface area contributed by atoms with Crippen molar-refractivity contribution < 1.29 is 37.0 Å². The number of piperazine rings is 1. The van der Waals surface area contributed by atoms with Gasteiger partial charge in [-0.15, -0.1) is 13.2 Å². The lowest BCUT2D eigenvalue weighted by atomic mass is 10.1. The lowest BCUT2D eigenvalue weighted by Crippen LogP contribution is -2.57. The Balaban J connectivity index is 2.16. The third-order valence-corrected chi connectivity index (χ3v) is 3.51. The van der Waals surface area contributed by atoms with E-state index in [4.69, 9.17) is 0 Å². The maximum atomic E-state index is 12.6. The van der Waals surface area contributed by atoms with Crippen LogP contribution in [0.25, 0.3) is 0 Å². The van der Waals surface area contributed by atoms with Crippen molar-refractivity contribution in [1.82, 2.24) is 10.2 Å². The minimum Gasteiger partial charge on any atom is -0.469 e. The lowest BCUT2D eigenvalue weighted by molar-refractivity contribution is -0.274. The van der Waals surface area contributed by atoms with Crippen LogP contribution in [0.15, 0.2) is 24.3 Å². The maximum absolute atomic E-state index is 12.6. The molecule has 1 aromatic carbocycles. The van der Waals surface area contributed by atoms with Crippen LogP contribution in [0.2, 0.25) is 0 Å². The molecule has 0 unspecified atom stereocenters. The monoisotopic (exact) mass is 360 g/mol. The van der Waals surface area contributed by atoms with Crippen LogP contribution in [0.1, 0.15) is 16.8 Å². The highest BCUT2D eigenvalue weighted by Gasteiger charge is 2.35. The predicted molar refractivity (Wildman–Crippen MR) is 77.6 cm³/mol. The first-order chi connectivity index (χ1) is 11.7. The molecule has 1 fully saturated rings. The van der Waals surface area contributed by atoms with Gasteiger partial charge in [-0.25, -0.2) is 0 Å². The van der Waals surface area contributed by atoms with E-state index < -0.39 is 35.9 Å². The zero-order chi connectivity index (χ0) is 18.6. The summed E-state index contributed by atoms with van der Waals surface area (Å²) in [5, 5.41) is 2.55. The number of rotatable bonds is 4. The second-order valence-corrected chi connectivity index (χ2v) is 5.16. The number of nitrogens with zero attached hydrogens (tertiary/aromatic N) is 1. The van der Waals surface area contributed by atoms with Gasteiger partial charge in [0.25, 0.3) is 5.91 Å². The minimum atomic E-state index is -4.83. The Labute approximate surface area is 140 Å². The fourth-order valence-electron chi connectivity index (χ4n) is 2.37. The second-order valence-electron chi connectivity index (χ2n) is 5.16. The number of amides is 2. The maximum Gasteiger partial charge on any atom is 0.573 e. The Hall–Kier alpha value is -2.78. The summed E-state index contributed by atoms with van der Waals surface area (Å²) >= 11 is 0. The van der Waals surface area contributed by atoms with Gasteiger partial charge in [-0.2, -0.15) is 0 Å². The molecule has 0 aromatic heterocycles. The molecule has 0 bridgehead atoms. The minimum absolute atomic E-state index is 0.0686. The summed E-state index contributed by atoms with van der Waals surface area (Å²) < 4.78 is 44.7. The largest absolute Gasteiger partial charge is 0.573 e. The van der Waals surface area contributed by atoms with Crippen molar-refractivity contribution in [3.63, 3.8) is 0 Å². The lowest BCUT2D eigenvalue weighted by Gasteiger charge is -2.34. The molecule has 0 spiro atoms. The van der Waals surface area contributed by atoms with Crippen molar-refractivity contribution in [2.75, 3.05) is 20.2 Å². The number of hydrogen-bond acceptors (Lipinski definition) is 5. The van der Waals surface area contributed by atoms with Gasteiger partial charge in [0.15, 0.2) is 0 Å². The van der Waals surface area contributed by atoms with Crippen molar-refractivity contribution in [3.05, 3.63) is 29.8 Å². The number of nitrogens with one attached hydrogen (secondary N) is 1. The van der Waals surface area contributed by atoms with Crippen LogP contribution in [0.5, 0.6) is 5.75 Å². The first kappa shape index (κ1) is 18.6. The average molecular weight is 360 g/mol. The van der Waals surface area contributed by atoms with E-state index in [9.17, 15) is 27.6 Å². The molecule has 10 heteroatoms. The molecule has 1 saturated heterocycles. The molecular formula is C15H15F3N2O5. The van der Waals surface area contributed by atoms with Crippen LogP contribution >= 0.6 is 0 Å². The Morgan fingerprint density at radius 2 is 1.92 bits per heavy atom. The molecule has 7 nitrogen and oxygen atoms in total. The SMILES string of the molecule is COC(=O)C[C@H]1C(=O)NCCN1C(=O)c1ccc(OC(F)(F)F)cc1. The van der Waals surface area contributed by atoms with E-state index in [1.54, 1.807) is 0 Å². The zero-order valence-corrected chi connectivity index (χ0v) is 13.1. The van der Waals surface area contributed by atoms with Crippen molar-refractivity contribution in [2.45, 2.75) is 18.8 Å². The average Bonchev–Trinajstić information content (AvgIpc) is 2.55. The summed E-state index contributed by atoms with van der Waals surface area (Å²) in [6.45, 7) is 0.366. The van der Waals surface area contributed by atoms with E-state index in [0.717, 1.165) is 31.4 Å². The summed E-state index contributed by atoms with van der Waals surface area (Å²) in [4.78, 5) is 37.1. The van der Waals surface area contributed by atoms with Gasteiger partial charge in [-0.1, -0.05) is 0 Å². The molecule has 1 N–H and O–H groups in total. The van der Waals surface area contributed by atoms with Gasteiger partial charge >= 0.3 is 12.3 Å². The summed E-state index contributed by atoms with van der Waals surface area (Å²) in [5.74, 6) is -2.20. The molecule has 2 amide bonds. The van der Waals surface area contributed by atoms with Crippen molar-refractivity contribution in [1.29, 1.82) is 0 Å². The molecular weight excluding hydrogens is 345 g/mol. The molecule has 1 aliphatic rings. The molecule has 1 aliphatic heterocycles. The fraction of sp³-hybridized carbons (Fsp3) is 0.400. The van der Waals surface area contributed by atoms with E-state index in [-0.39, 0.29) is 25.1 Å². The molecule has 0 saturated carbocycles. The van der Waals surface area contributed by atoms with Gasteiger partial charge in [0.1, 0.15) is 11.8 Å². The Bertz CT molecular complexity index is 660. The van der Waals surface area contributed by atoms with E-state index in [0.29, 0.717) is 0 Å². The highest BCUT2D eigenvalue weighted by atomic mass is 19.4. The van der Waals surface area contributed by atoms with E-state index in [1.165, 1.54) is 4.90 Å². The summed E-state index contributed by atoms with van der Waals surface area (Å²) in [6, 6.07) is 3.27. The molecule has 0 radical (unpaired) electrons. The number of halogens is 3. The number of methoxy groups -OCH3 is 1. The highest BCUT2D eigenvalue weighted by molar-refractivity contribution is 5.99. The van der Waals surface area contributed by atoms with E-state index >= 15 is 0 Å². The third-order valence-electron chi connectivity index (χ3n) is 3.51. The van der Waals surface area contributed by atoms with Crippen LogP contribution in [0.4, 0.5) is 13.2 Å². The summed E-state index contributed by atoms with van der Waals surface area (Å²) in [6.07, 6.45) is -5.15. The van der Waals surface area contributed by atoms with Crippen molar-refractivity contribution in [2.24, 2.45) is 0 Å². The number of ether oxygens (including phenoxy) is 2. The topological polar surface area (TPSA) is 84.9 Å². The van der Waals surface area contributed by atoms with Gasteiger partial charge in [0.2, 0.25) is 5.91 Å². The van der Waals surface area contributed by atoms with Crippen LogP contribution < -0.4 is 10.1 Å². The molecule has 136 valence electrons. The van der Waals surface area contributed by atoms with Gasteiger partial charge < -0.3 is 19.7 Å². The number of benzene rings is 1. The van der Waals surface area contributed by atoms with Crippen molar-refractivity contribution >= 4 is 17.8 Å². The molecule has 1 atom stereocenters. The number of hydrogen-bond donors (Lipinski definition) is 1. The van der Waals surface area contributed by atoms with Gasteiger partial charge in [-0.05, 0) is 24.3 Å². The number of carbonyl (C=O) groups excluding carboxylic acids is 3. The van der Waals surface area contributed by atoms with Crippen LogP contribution in [-0.2, 0) is 14.3 Å². The summed E-state index contributed by atoms with van der Waals surface area (Å²) in [7, 11) is 1.16. The Morgan fingerprint density at radius 3 is 2.48 bits per heavy atom. The third kappa shape index (κ3) is 4.85.